The third kappa shape index (κ3) is 3.60. The van der Waals surface area contributed by atoms with Gasteiger partial charge in [0.05, 0.1) is 11.3 Å². The summed E-state index contributed by atoms with van der Waals surface area (Å²) in [7, 11) is 2.06. The van der Waals surface area contributed by atoms with Gasteiger partial charge in [-0.25, -0.2) is 14.4 Å². The molecule has 1 aromatic carbocycles. The number of benzene rings is 1. The van der Waals surface area contributed by atoms with E-state index < -0.39 is 5.91 Å². The van der Waals surface area contributed by atoms with Crippen molar-refractivity contribution in [3.63, 3.8) is 0 Å². The van der Waals surface area contributed by atoms with Crippen molar-refractivity contribution in [2.45, 2.75) is 0 Å². The topological polar surface area (TPSA) is 87.4 Å². The van der Waals surface area contributed by atoms with Crippen LogP contribution in [0.2, 0.25) is 0 Å². The summed E-state index contributed by atoms with van der Waals surface area (Å²) in [4.78, 5) is 23.2. The van der Waals surface area contributed by atoms with Crippen LogP contribution < -0.4 is 16.0 Å². The maximum absolute atomic E-state index is 14.4. The molecule has 1 aliphatic heterocycles. The fourth-order valence-electron chi connectivity index (χ4n) is 2.54. The number of aromatic nitrogens is 2. The van der Waals surface area contributed by atoms with Crippen molar-refractivity contribution < 1.29 is 9.18 Å². The van der Waals surface area contributed by atoms with Gasteiger partial charge in [-0.15, -0.1) is 0 Å². The van der Waals surface area contributed by atoms with Gasteiger partial charge in [0.2, 0.25) is 5.95 Å². The molecule has 0 bridgehead atoms. The van der Waals surface area contributed by atoms with Crippen molar-refractivity contribution >= 4 is 23.2 Å². The highest BCUT2D eigenvalue weighted by molar-refractivity contribution is 5.92. The Labute approximate surface area is 139 Å². The van der Waals surface area contributed by atoms with Crippen molar-refractivity contribution in [3.05, 3.63) is 42.0 Å². The molecule has 3 rings (SSSR count). The molecule has 0 unspecified atom stereocenters. The number of likely N-dealkylation sites (N-methyl/N-ethyl adjacent to an activating group) is 1. The van der Waals surface area contributed by atoms with E-state index in [4.69, 9.17) is 5.73 Å². The van der Waals surface area contributed by atoms with Crippen molar-refractivity contribution in [1.82, 2.24) is 14.9 Å². The third-order valence-corrected chi connectivity index (χ3v) is 3.98. The number of piperazine rings is 1. The lowest BCUT2D eigenvalue weighted by Gasteiger charge is -2.34. The summed E-state index contributed by atoms with van der Waals surface area (Å²) < 4.78 is 14.4. The number of amides is 1. The molecular formula is C16H19FN6O. The van der Waals surface area contributed by atoms with Gasteiger partial charge in [-0.1, -0.05) is 0 Å². The number of hydrogen-bond acceptors (Lipinski definition) is 6. The normalized spacial score (nSPS) is 15.3. The molecule has 1 amide bonds. The first-order valence-corrected chi connectivity index (χ1v) is 7.65. The predicted octanol–water partition coefficient (Wildman–Crippen LogP) is 1.21. The number of halogens is 1. The molecule has 126 valence electrons. The number of primary amides is 1. The van der Waals surface area contributed by atoms with Crippen LogP contribution in [0.25, 0.3) is 0 Å². The fourth-order valence-corrected chi connectivity index (χ4v) is 2.54. The minimum absolute atomic E-state index is 0.220. The third-order valence-electron chi connectivity index (χ3n) is 3.98. The minimum atomic E-state index is -0.593. The van der Waals surface area contributed by atoms with E-state index in [0.717, 1.165) is 26.2 Å². The molecule has 0 atom stereocenters. The van der Waals surface area contributed by atoms with Crippen LogP contribution in [-0.4, -0.2) is 54.0 Å². The summed E-state index contributed by atoms with van der Waals surface area (Å²) in [5.74, 6) is -0.616. The van der Waals surface area contributed by atoms with E-state index in [9.17, 15) is 9.18 Å². The lowest BCUT2D eigenvalue weighted by Crippen LogP contribution is -2.44. The number of nitrogens with zero attached hydrogens (tertiary/aromatic N) is 4. The van der Waals surface area contributed by atoms with Gasteiger partial charge >= 0.3 is 0 Å². The van der Waals surface area contributed by atoms with Crippen LogP contribution in [0.4, 0.5) is 21.7 Å². The van der Waals surface area contributed by atoms with Crippen LogP contribution >= 0.6 is 0 Å². The highest BCUT2D eigenvalue weighted by Crippen LogP contribution is 2.25. The molecule has 8 heteroatoms. The van der Waals surface area contributed by atoms with Crippen LogP contribution in [0.5, 0.6) is 0 Å². The molecule has 2 aromatic rings. The summed E-state index contributed by atoms with van der Waals surface area (Å²) >= 11 is 0. The van der Waals surface area contributed by atoms with Gasteiger partial charge in [0, 0.05) is 44.3 Å². The minimum Gasteiger partial charge on any atom is -0.367 e. The van der Waals surface area contributed by atoms with E-state index in [1.54, 1.807) is 12.1 Å². The van der Waals surface area contributed by atoms with Crippen molar-refractivity contribution in [3.8, 4) is 0 Å². The van der Waals surface area contributed by atoms with Crippen LogP contribution in [0.3, 0.4) is 0 Å². The Morgan fingerprint density at radius 1 is 1.21 bits per heavy atom. The summed E-state index contributed by atoms with van der Waals surface area (Å²) in [6, 6.07) is 4.95. The van der Waals surface area contributed by atoms with Crippen molar-refractivity contribution in [2.75, 3.05) is 43.4 Å². The average molecular weight is 330 g/mol. The van der Waals surface area contributed by atoms with Crippen LogP contribution in [0, 0.1) is 5.82 Å². The number of nitrogens with two attached hydrogens (primary N) is 1. The zero-order valence-corrected chi connectivity index (χ0v) is 13.4. The molecule has 0 saturated carbocycles. The predicted molar refractivity (Wildman–Crippen MR) is 89.9 cm³/mol. The SMILES string of the molecule is CN1CCN(c2ccc(Nc3ncc(C(N)=O)cn3)cc2F)CC1. The number of carbonyl (C=O) groups is 1. The average Bonchev–Trinajstić information content (AvgIpc) is 2.57. The summed E-state index contributed by atoms with van der Waals surface area (Å²) in [5.41, 5.74) is 6.49. The first-order chi connectivity index (χ1) is 11.5. The summed E-state index contributed by atoms with van der Waals surface area (Å²) in [6.07, 6.45) is 2.65. The molecule has 0 spiro atoms. The van der Waals surface area contributed by atoms with Gasteiger partial charge in [-0.3, -0.25) is 4.79 Å². The quantitative estimate of drug-likeness (QED) is 0.876. The Bertz CT molecular complexity index is 728. The molecule has 7 nitrogen and oxygen atoms in total. The van der Waals surface area contributed by atoms with Crippen LogP contribution in [0.15, 0.2) is 30.6 Å². The monoisotopic (exact) mass is 330 g/mol. The molecule has 2 heterocycles. The fraction of sp³-hybridized carbons (Fsp3) is 0.312. The Morgan fingerprint density at radius 3 is 2.46 bits per heavy atom. The molecule has 1 fully saturated rings. The Morgan fingerprint density at radius 2 is 1.88 bits per heavy atom. The lowest BCUT2D eigenvalue weighted by atomic mass is 10.2. The Kier molecular flexibility index (Phi) is 4.57. The summed E-state index contributed by atoms with van der Waals surface area (Å²) in [5, 5.41) is 2.91. The van der Waals surface area contributed by atoms with Crippen molar-refractivity contribution in [2.24, 2.45) is 5.73 Å². The second kappa shape index (κ2) is 6.79. The van der Waals surface area contributed by atoms with Crippen LogP contribution in [-0.2, 0) is 0 Å². The number of rotatable bonds is 4. The van der Waals surface area contributed by atoms with E-state index in [2.05, 4.69) is 27.2 Å². The number of hydrogen-bond donors (Lipinski definition) is 2. The largest absolute Gasteiger partial charge is 0.367 e. The Hall–Kier alpha value is -2.74. The standard InChI is InChI=1S/C16H19FN6O/c1-22-4-6-23(7-5-22)14-3-2-12(8-13(14)17)21-16-19-9-11(10-20-16)15(18)24/h2-3,8-10H,4-7H2,1H3,(H2,18,24)(H,19,20,21). The molecule has 0 aliphatic carbocycles. The first-order valence-electron chi connectivity index (χ1n) is 7.65. The molecule has 3 N–H and O–H groups in total. The maximum Gasteiger partial charge on any atom is 0.251 e. The second-order valence-electron chi connectivity index (χ2n) is 5.74. The van der Waals surface area contributed by atoms with E-state index in [1.165, 1.54) is 18.5 Å². The van der Waals surface area contributed by atoms with E-state index in [-0.39, 0.29) is 17.3 Å². The maximum atomic E-state index is 14.4. The van der Waals surface area contributed by atoms with Gasteiger partial charge in [-0.05, 0) is 25.2 Å². The first kappa shape index (κ1) is 16.1. The molecule has 1 aromatic heterocycles. The lowest BCUT2D eigenvalue weighted by molar-refractivity contribution is 0.0999. The van der Waals surface area contributed by atoms with Gasteiger partial charge in [-0.2, -0.15) is 0 Å². The van der Waals surface area contributed by atoms with E-state index in [1.807, 2.05) is 4.90 Å². The van der Waals surface area contributed by atoms with Gasteiger partial charge in [0.1, 0.15) is 5.82 Å². The van der Waals surface area contributed by atoms with Gasteiger partial charge in [0.25, 0.3) is 5.91 Å². The molecule has 24 heavy (non-hydrogen) atoms. The molecule has 1 saturated heterocycles. The summed E-state index contributed by atoms with van der Waals surface area (Å²) in [6.45, 7) is 3.44. The number of carbonyl (C=O) groups excluding carboxylic acids is 1. The highest BCUT2D eigenvalue weighted by atomic mass is 19.1. The van der Waals surface area contributed by atoms with Gasteiger partial charge in [0.15, 0.2) is 0 Å². The van der Waals surface area contributed by atoms with E-state index in [0.29, 0.717) is 11.4 Å². The number of anilines is 3. The highest BCUT2D eigenvalue weighted by Gasteiger charge is 2.17. The van der Waals surface area contributed by atoms with Crippen LogP contribution in [0.1, 0.15) is 10.4 Å². The molecular weight excluding hydrogens is 311 g/mol. The van der Waals surface area contributed by atoms with Crippen molar-refractivity contribution in [1.29, 1.82) is 0 Å². The Balaban J connectivity index is 1.71. The van der Waals surface area contributed by atoms with E-state index >= 15 is 0 Å². The number of nitrogens with one attached hydrogen (secondary N) is 1. The zero-order chi connectivity index (χ0) is 17.1. The second-order valence-corrected chi connectivity index (χ2v) is 5.74. The smallest absolute Gasteiger partial charge is 0.251 e. The zero-order valence-electron chi connectivity index (χ0n) is 13.4. The molecule has 0 radical (unpaired) electrons. The van der Waals surface area contributed by atoms with Gasteiger partial charge < -0.3 is 20.9 Å². The molecule has 1 aliphatic rings.